The molecule has 3 aromatic rings. The number of amides is 2. The van der Waals surface area contributed by atoms with Gasteiger partial charge in [-0.05, 0) is 67.1 Å². The summed E-state index contributed by atoms with van der Waals surface area (Å²) in [4.78, 5) is 29.6. The molecule has 4 rings (SSSR count). The van der Waals surface area contributed by atoms with Gasteiger partial charge in [0.1, 0.15) is 12.6 Å². The van der Waals surface area contributed by atoms with E-state index in [1.807, 2.05) is 19.1 Å². The smallest absolute Gasteiger partial charge is 0.264 e. The van der Waals surface area contributed by atoms with Gasteiger partial charge >= 0.3 is 0 Å². The largest absolute Gasteiger partial charge is 0.352 e. The molecule has 1 fully saturated rings. The van der Waals surface area contributed by atoms with Gasteiger partial charge in [0.2, 0.25) is 11.8 Å². The average Bonchev–Trinajstić information content (AvgIpc) is 3.02. The van der Waals surface area contributed by atoms with Crippen molar-refractivity contribution in [1.29, 1.82) is 0 Å². The first kappa shape index (κ1) is 33.8. The molecule has 0 radical (unpaired) electrons. The van der Waals surface area contributed by atoms with Gasteiger partial charge in [-0.25, -0.2) is 8.42 Å². The second kappa shape index (κ2) is 15.3. The first-order valence-electron chi connectivity index (χ1n) is 15.2. The molecule has 236 valence electrons. The fourth-order valence-corrected chi connectivity index (χ4v) is 7.54. The van der Waals surface area contributed by atoms with Gasteiger partial charge in [0, 0.05) is 28.2 Å². The van der Waals surface area contributed by atoms with Crippen LogP contribution in [0.1, 0.15) is 76.3 Å². The van der Waals surface area contributed by atoms with Crippen molar-refractivity contribution in [2.75, 3.05) is 10.8 Å². The van der Waals surface area contributed by atoms with Crippen molar-refractivity contribution >= 4 is 50.7 Å². The second-order valence-electron chi connectivity index (χ2n) is 11.6. The summed E-state index contributed by atoms with van der Waals surface area (Å²) >= 11 is 13.1. The Hall–Kier alpha value is -3.07. The van der Waals surface area contributed by atoms with Crippen LogP contribution in [0.15, 0.2) is 77.7 Å². The Labute approximate surface area is 271 Å². The first-order valence-corrected chi connectivity index (χ1v) is 17.4. The van der Waals surface area contributed by atoms with E-state index in [0.29, 0.717) is 27.7 Å². The van der Waals surface area contributed by atoms with Crippen LogP contribution in [0.2, 0.25) is 10.0 Å². The van der Waals surface area contributed by atoms with Crippen LogP contribution in [0.5, 0.6) is 0 Å². The third kappa shape index (κ3) is 8.14. The standard InChI is InChI=1S/C34H41Cl2N3O4S/c1-4-32(34(41)37-26-12-7-5-8-13-26)38(22-29-30(35)16-11-17-31(29)36)33(40)23-39(27-20-18-25(19-21-27)24(2)3)44(42,43)28-14-9-6-10-15-28/h6,9-11,14-21,24,26,32H,4-5,7-8,12-13,22-23H2,1-3H3,(H,37,41). The van der Waals surface area contributed by atoms with Crippen LogP contribution in [-0.2, 0) is 26.2 Å². The molecular formula is C34H41Cl2N3O4S. The lowest BCUT2D eigenvalue weighted by Gasteiger charge is -2.35. The molecule has 1 aliphatic carbocycles. The summed E-state index contributed by atoms with van der Waals surface area (Å²) in [7, 11) is -4.15. The van der Waals surface area contributed by atoms with Gasteiger partial charge in [0.25, 0.3) is 10.0 Å². The monoisotopic (exact) mass is 657 g/mol. The predicted octanol–water partition coefficient (Wildman–Crippen LogP) is 7.57. The lowest BCUT2D eigenvalue weighted by Crippen LogP contribution is -2.54. The highest BCUT2D eigenvalue weighted by atomic mass is 35.5. The highest BCUT2D eigenvalue weighted by Crippen LogP contribution is 2.30. The SMILES string of the molecule is CCC(C(=O)NC1CCCCC1)N(Cc1c(Cl)cccc1Cl)C(=O)CN(c1ccc(C(C)C)cc1)S(=O)(=O)c1ccccc1. The van der Waals surface area contributed by atoms with Crippen molar-refractivity contribution in [3.8, 4) is 0 Å². The molecule has 0 saturated heterocycles. The second-order valence-corrected chi connectivity index (χ2v) is 14.2. The molecule has 7 nitrogen and oxygen atoms in total. The molecule has 0 bridgehead atoms. The van der Waals surface area contributed by atoms with Gasteiger partial charge < -0.3 is 10.2 Å². The molecule has 1 atom stereocenters. The van der Waals surface area contributed by atoms with Crippen LogP contribution in [0.25, 0.3) is 0 Å². The van der Waals surface area contributed by atoms with E-state index in [9.17, 15) is 18.0 Å². The van der Waals surface area contributed by atoms with Gasteiger partial charge in [0.05, 0.1) is 10.6 Å². The molecule has 0 heterocycles. The minimum Gasteiger partial charge on any atom is -0.352 e. The summed E-state index contributed by atoms with van der Waals surface area (Å²) in [6.45, 7) is 5.37. The zero-order chi connectivity index (χ0) is 31.9. The summed E-state index contributed by atoms with van der Waals surface area (Å²) in [6.07, 6.45) is 5.33. The van der Waals surface area contributed by atoms with E-state index >= 15 is 0 Å². The van der Waals surface area contributed by atoms with Crippen molar-refractivity contribution in [2.24, 2.45) is 0 Å². The number of nitrogens with zero attached hydrogens (tertiary/aromatic N) is 2. The number of rotatable bonds is 12. The number of anilines is 1. The number of hydrogen-bond acceptors (Lipinski definition) is 4. The fraction of sp³-hybridized carbons (Fsp3) is 0.412. The summed E-state index contributed by atoms with van der Waals surface area (Å²) in [6, 6.07) is 19.4. The van der Waals surface area contributed by atoms with Crippen molar-refractivity contribution in [1.82, 2.24) is 10.2 Å². The Bertz CT molecular complexity index is 1510. The summed E-state index contributed by atoms with van der Waals surface area (Å²) in [5.41, 5.74) is 1.88. The van der Waals surface area contributed by atoms with Gasteiger partial charge in [0.15, 0.2) is 0 Å². The third-order valence-electron chi connectivity index (χ3n) is 8.19. The zero-order valence-electron chi connectivity index (χ0n) is 25.5. The molecule has 1 aliphatic rings. The van der Waals surface area contributed by atoms with E-state index in [0.717, 1.165) is 42.0 Å². The number of hydrogen-bond donors (Lipinski definition) is 1. The molecule has 1 unspecified atom stereocenters. The molecule has 44 heavy (non-hydrogen) atoms. The topological polar surface area (TPSA) is 86.8 Å². The molecule has 3 aromatic carbocycles. The highest BCUT2D eigenvalue weighted by Gasteiger charge is 2.35. The van der Waals surface area contributed by atoms with Crippen molar-refractivity contribution in [3.05, 3.63) is 94.0 Å². The third-order valence-corrected chi connectivity index (χ3v) is 10.7. The number of carbonyl (C=O) groups is 2. The number of carbonyl (C=O) groups excluding carboxylic acids is 2. The molecule has 10 heteroatoms. The Kier molecular flexibility index (Phi) is 11.7. The van der Waals surface area contributed by atoms with Gasteiger partial charge in [-0.15, -0.1) is 0 Å². The number of nitrogens with one attached hydrogen (secondary N) is 1. The van der Waals surface area contributed by atoms with Crippen LogP contribution in [0.4, 0.5) is 5.69 Å². The Morgan fingerprint density at radius 2 is 1.50 bits per heavy atom. The van der Waals surface area contributed by atoms with Gasteiger partial charge in [-0.1, -0.05) is 99.6 Å². The summed E-state index contributed by atoms with van der Waals surface area (Å²) < 4.78 is 29.2. The molecule has 1 saturated carbocycles. The summed E-state index contributed by atoms with van der Waals surface area (Å²) in [5.74, 6) is -0.567. The minimum atomic E-state index is -4.15. The Morgan fingerprint density at radius 1 is 0.886 bits per heavy atom. The maximum absolute atomic E-state index is 14.4. The minimum absolute atomic E-state index is 0.0422. The molecule has 0 spiro atoms. The molecular weight excluding hydrogens is 617 g/mol. The van der Waals surface area contributed by atoms with E-state index in [1.54, 1.807) is 48.5 Å². The lowest BCUT2D eigenvalue weighted by atomic mass is 9.95. The lowest BCUT2D eigenvalue weighted by molar-refractivity contribution is -0.140. The number of sulfonamides is 1. The average molecular weight is 659 g/mol. The van der Waals surface area contributed by atoms with Crippen LogP contribution in [0.3, 0.4) is 0 Å². The van der Waals surface area contributed by atoms with Crippen LogP contribution >= 0.6 is 23.2 Å². The van der Waals surface area contributed by atoms with Crippen LogP contribution < -0.4 is 9.62 Å². The molecule has 0 aromatic heterocycles. The predicted molar refractivity (Wildman–Crippen MR) is 178 cm³/mol. The van der Waals surface area contributed by atoms with E-state index in [-0.39, 0.29) is 29.3 Å². The van der Waals surface area contributed by atoms with Gasteiger partial charge in [-0.3, -0.25) is 13.9 Å². The van der Waals surface area contributed by atoms with E-state index in [4.69, 9.17) is 23.2 Å². The summed E-state index contributed by atoms with van der Waals surface area (Å²) in [5, 5.41) is 3.86. The van der Waals surface area contributed by atoms with Crippen LogP contribution in [0, 0.1) is 0 Å². The molecule has 0 aliphatic heterocycles. The Balaban J connectivity index is 1.74. The van der Waals surface area contributed by atoms with E-state index in [1.165, 1.54) is 17.0 Å². The highest BCUT2D eigenvalue weighted by molar-refractivity contribution is 7.92. The first-order chi connectivity index (χ1) is 21.0. The van der Waals surface area contributed by atoms with Crippen molar-refractivity contribution in [2.45, 2.75) is 88.7 Å². The fourth-order valence-electron chi connectivity index (χ4n) is 5.59. The van der Waals surface area contributed by atoms with E-state index < -0.39 is 28.5 Å². The van der Waals surface area contributed by atoms with Crippen molar-refractivity contribution < 1.29 is 18.0 Å². The normalized spacial score (nSPS) is 14.7. The maximum atomic E-state index is 14.4. The van der Waals surface area contributed by atoms with Gasteiger partial charge in [-0.2, -0.15) is 0 Å². The quantitative estimate of drug-likeness (QED) is 0.218. The molecule has 1 N–H and O–H groups in total. The number of halogens is 2. The van der Waals surface area contributed by atoms with Crippen LogP contribution in [-0.4, -0.2) is 43.8 Å². The van der Waals surface area contributed by atoms with E-state index in [2.05, 4.69) is 19.2 Å². The Morgan fingerprint density at radius 3 is 2.07 bits per heavy atom. The maximum Gasteiger partial charge on any atom is 0.264 e. The number of benzene rings is 3. The zero-order valence-corrected chi connectivity index (χ0v) is 27.8. The molecule has 2 amide bonds. The van der Waals surface area contributed by atoms with Crippen molar-refractivity contribution in [3.63, 3.8) is 0 Å².